The number of aryl methyl sites for hydroxylation is 1. The second-order valence-electron chi connectivity index (χ2n) is 7.91. The average Bonchev–Trinajstić information content (AvgIpc) is 2.77. The summed E-state index contributed by atoms with van der Waals surface area (Å²) in [7, 11) is -3.16. The second-order valence-corrected chi connectivity index (χ2v) is 9.89. The molecular weight excluding hydrogens is 410 g/mol. The number of aromatic nitrogens is 1. The molecule has 31 heavy (non-hydrogen) atoms. The number of nitrogens with zero attached hydrogens (tertiary/aromatic N) is 3. The minimum Gasteiger partial charge on any atom is -0.490 e. The molecule has 0 N–H and O–H groups in total. The van der Waals surface area contributed by atoms with Gasteiger partial charge in [-0.1, -0.05) is 24.3 Å². The van der Waals surface area contributed by atoms with Crippen molar-refractivity contribution < 1.29 is 13.2 Å². The standard InChI is InChI=1S/C24H25N3O3S/c1-31(28,29)27-12-8-22(9-13-27)30-24-16-21(15-20-7-11-26-17-23(20)24)19-6-2-4-18(14-19)5-3-10-25/h2,4,6-7,11,14-17,22H,3,5,8-9,12-13H2,1H3. The van der Waals surface area contributed by atoms with E-state index in [1.807, 2.05) is 30.5 Å². The van der Waals surface area contributed by atoms with Crippen LogP contribution in [0.2, 0.25) is 0 Å². The molecule has 0 amide bonds. The number of nitriles is 1. The van der Waals surface area contributed by atoms with Crippen LogP contribution in [0.1, 0.15) is 24.8 Å². The fourth-order valence-electron chi connectivity index (χ4n) is 4.00. The summed E-state index contributed by atoms with van der Waals surface area (Å²) in [6.45, 7) is 0.945. The number of hydrogen-bond acceptors (Lipinski definition) is 5. The van der Waals surface area contributed by atoms with Crippen molar-refractivity contribution in [2.45, 2.75) is 31.8 Å². The summed E-state index contributed by atoms with van der Waals surface area (Å²) in [6, 6.07) is 16.6. The van der Waals surface area contributed by atoms with Crippen molar-refractivity contribution >= 4 is 20.8 Å². The molecule has 2 heterocycles. The molecule has 0 bridgehead atoms. The average molecular weight is 436 g/mol. The van der Waals surface area contributed by atoms with E-state index in [9.17, 15) is 8.42 Å². The molecule has 3 aromatic rings. The van der Waals surface area contributed by atoms with Crippen molar-refractivity contribution in [3.05, 3.63) is 60.4 Å². The van der Waals surface area contributed by atoms with Gasteiger partial charge in [0.1, 0.15) is 11.9 Å². The SMILES string of the molecule is CS(=O)(=O)N1CCC(Oc2cc(-c3cccc(CCC#N)c3)cc3ccncc23)CC1. The van der Waals surface area contributed by atoms with Gasteiger partial charge in [-0.2, -0.15) is 5.26 Å². The largest absolute Gasteiger partial charge is 0.490 e. The highest BCUT2D eigenvalue weighted by molar-refractivity contribution is 7.88. The van der Waals surface area contributed by atoms with E-state index >= 15 is 0 Å². The number of hydrogen-bond donors (Lipinski definition) is 0. The molecule has 6 nitrogen and oxygen atoms in total. The van der Waals surface area contributed by atoms with Crippen LogP contribution in [0.15, 0.2) is 54.9 Å². The molecule has 2 aromatic carbocycles. The molecule has 0 unspecified atom stereocenters. The molecule has 0 atom stereocenters. The summed E-state index contributed by atoms with van der Waals surface area (Å²) in [5, 5.41) is 10.9. The summed E-state index contributed by atoms with van der Waals surface area (Å²) < 4.78 is 31.5. The zero-order valence-electron chi connectivity index (χ0n) is 17.5. The molecule has 0 spiro atoms. The molecule has 7 heteroatoms. The zero-order chi connectivity index (χ0) is 21.8. The highest BCUT2D eigenvalue weighted by atomic mass is 32.2. The Kier molecular flexibility index (Phi) is 6.21. The third-order valence-corrected chi connectivity index (χ3v) is 6.97. The summed E-state index contributed by atoms with van der Waals surface area (Å²) in [4.78, 5) is 4.26. The minimum absolute atomic E-state index is 0.0429. The molecule has 160 valence electrons. The van der Waals surface area contributed by atoms with Crippen LogP contribution in [-0.2, 0) is 16.4 Å². The van der Waals surface area contributed by atoms with Gasteiger partial charge >= 0.3 is 0 Å². The van der Waals surface area contributed by atoms with Crippen molar-refractivity contribution in [2.75, 3.05) is 19.3 Å². The van der Waals surface area contributed by atoms with Crippen molar-refractivity contribution in [1.82, 2.24) is 9.29 Å². The summed E-state index contributed by atoms with van der Waals surface area (Å²) in [5.74, 6) is 0.765. The maximum Gasteiger partial charge on any atom is 0.211 e. The van der Waals surface area contributed by atoms with Crippen LogP contribution < -0.4 is 4.74 Å². The Morgan fingerprint density at radius 3 is 2.71 bits per heavy atom. The molecule has 4 rings (SSSR count). The van der Waals surface area contributed by atoms with Gasteiger partial charge in [-0.25, -0.2) is 12.7 Å². The van der Waals surface area contributed by atoms with Gasteiger partial charge in [0, 0.05) is 37.3 Å². The van der Waals surface area contributed by atoms with Crippen LogP contribution >= 0.6 is 0 Å². The van der Waals surface area contributed by atoms with E-state index in [0.717, 1.165) is 39.6 Å². The molecular formula is C24H25N3O3S. The number of benzene rings is 2. The first-order chi connectivity index (χ1) is 14.9. The van der Waals surface area contributed by atoms with E-state index in [1.165, 1.54) is 10.6 Å². The molecule has 1 aliphatic heterocycles. The van der Waals surface area contributed by atoms with Gasteiger partial charge in [-0.15, -0.1) is 0 Å². The van der Waals surface area contributed by atoms with Crippen LogP contribution in [-0.4, -0.2) is 43.2 Å². The molecule has 1 saturated heterocycles. The zero-order valence-corrected chi connectivity index (χ0v) is 18.3. The Labute approximate surface area is 183 Å². The third kappa shape index (κ3) is 5.04. The maximum absolute atomic E-state index is 11.8. The fourth-order valence-corrected chi connectivity index (χ4v) is 4.87. The van der Waals surface area contributed by atoms with E-state index in [-0.39, 0.29) is 6.10 Å². The smallest absolute Gasteiger partial charge is 0.211 e. The lowest BCUT2D eigenvalue weighted by molar-refractivity contribution is 0.137. The number of pyridine rings is 1. The second kappa shape index (κ2) is 9.04. The third-order valence-electron chi connectivity index (χ3n) is 5.67. The Morgan fingerprint density at radius 2 is 1.97 bits per heavy atom. The number of piperidine rings is 1. The normalized spacial score (nSPS) is 15.6. The number of fused-ring (bicyclic) bond motifs is 1. The predicted octanol–water partition coefficient (Wildman–Crippen LogP) is 4.16. The molecule has 1 aliphatic rings. The monoisotopic (exact) mass is 435 g/mol. The van der Waals surface area contributed by atoms with E-state index < -0.39 is 10.0 Å². The Bertz CT molecular complexity index is 1230. The van der Waals surface area contributed by atoms with Gasteiger partial charge < -0.3 is 4.74 Å². The van der Waals surface area contributed by atoms with Gasteiger partial charge in [-0.05, 0) is 59.5 Å². The fraction of sp³-hybridized carbons (Fsp3) is 0.333. The lowest BCUT2D eigenvalue weighted by Gasteiger charge is -2.30. The Balaban J connectivity index is 1.63. The van der Waals surface area contributed by atoms with Crippen LogP contribution in [0.5, 0.6) is 5.75 Å². The van der Waals surface area contributed by atoms with E-state index in [2.05, 4.69) is 29.3 Å². The van der Waals surface area contributed by atoms with E-state index in [0.29, 0.717) is 32.4 Å². The van der Waals surface area contributed by atoms with Crippen LogP contribution in [0.25, 0.3) is 21.9 Å². The van der Waals surface area contributed by atoms with Gasteiger partial charge in [0.25, 0.3) is 0 Å². The van der Waals surface area contributed by atoms with Gasteiger partial charge in [-0.3, -0.25) is 4.98 Å². The highest BCUT2D eigenvalue weighted by Crippen LogP contribution is 2.34. The number of ether oxygens (including phenoxy) is 1. The van der Waals surface area contributed by atoms with Gasteiger partial charge in [0.2, 0.25) is 10.0 Å². The summed E-state index contributed by atoms with van der Waals surface area (Å²) in [5.41, 5.74) is 3.25. The van der Waals surface area contributed by atoms with Crippen LogP contribution in [0.4, 0.5) is 0 Å². The molecule has 0 radical (unpaired) electrons. The van der Waals surface area contributed by atoms with Crippen LogP contribution in [0.3, 0.4) is 0 Å². The first kappa shape index (κ1) is 21.3. The number of rotatable bonds is 6. The summed E-state index contributed by atoms with van der Waals surface area (Å²) in [6.07, 6.45) is 7.32. The Hall–Kier alpha value is -2.95. The van der Waals surface area contributed by atoms with Crippen molar-refractivity contribution in [1.29, 1.82) is 5.26 Å². The number of sulfonamides is 1. The van der Waals surface area contributed by atoms with Crippen molar-refractivity contribution in [2.24, 2.45) is 0 Å². The maximum atomic E-state index is 11.8. The highest BCUT2D eigenvalue weighted by Gasteiger charge is 2.26. The molecule has 1 aromatic heterocycles. The lowest BCUT2D eigenvalue weighted by Crippen LogP contribution is -2.41. The topological polar surface area (TPSA) is 83.3 Å². The Morgan fingerprint density at radius 1 is 1.16 bits per heavy atom. The first-order valence-electron chi connectivity index (χ1n) is 10.4. The first-order valence-corrected chi connectivity index (χ1v) is 12.2. The van der Waals surface area contributed by atoms with E-state index in [4.69, 9.17) is 10.00 Å². The van der Waals surface area contributed by atoms with Gasteiger partial charge in [0.05, 0.1) is 12.3 Å². The van der Waals surface area contributed by atoms with Crippen molar-refractivity contribution in [3.8, 4) is 22.9 Å². The minimum atomic E-state index is -3.16. The lowest BCUT2D eigenvalue weighted by atomic mass is 9.98. The van der Waals surface area contributed by atoms with Gasteiger partial charge in [0.15, 0.2) is 0 Å². The molecule has 1 fully saturated rings. The van der Waals surface area contributed by atoms with Crippen molar-refractivity contribution in [3.63, 3.8) is 0 Å². The van der Waals surface area contributed by atoms with Crippen LogP contribution in [0, 0.1) is 11.3 Å². The molecule has 0 aliphatic carbocycles. The molecule has 0 saturated carbocycles. The summed E-state index contributed by atoms with van der Waals surface area (Å²) >= 11 is 0. The predicted molar refractivity (Wildman–Crippen MR) is 121 cm³/mol. The quantitative estimate of drug-likeness (QED) is 0.581. The van der Waals surface area contributed by atoms with E-state index in [1.54, 1.807) is 6.20 Å².